The highest BCUT2D eigenvalue weighted by Gasteiger charge is 2.34. The highest BCUT2D eigenvalue weighted by molar-refractivity contribution is 9.10. The number of urea groups is 1. The predicted octanol–water partition coefficient (Wildman–Crippen LogP) is 3.70. The Kier molecular flexibility index (Phi) is 5.46. The van der Waals surface area contributed by atoms with Crippen LogP contribution < -0.4 is 14.8 Å². The molecular formula is C19H16BrFN2O4. The summed E-state index contributed by atoms with van der Waals surface area (Å²) in [4.78, 5) is 25.7. The second-order valence-corrected chi connectivity index (χ2v) is 6.56. The molecule has 3 amide bonds. The number of imide groups is 1. The van der Waals surface area contributed by atoms with Crippen LogP contribution in [0.25, 0.3) is 6.08 Å². The molecular weight excluding hydrogens is 419 g/mol. The Morgan fingerprint density at radius 2 is 1.93 bits per heavy atom. The van der Waals surface area contributed by atoms with E-state index in [-0.39, 0.29) is 17.8 Å². The van der Waals surface area contributed by atoms with Crippen molar-refractivity contribution in [3.05, 3.63) is 63.5 Å². The van der Waals surface area contributed by atoms with Crippen molar-refractivity contribution in [2.45, 2.75) is 6.54 Å². The van der Waals surface area contributed by atoms with Gasteiger partial charge in [-0.1, -0.05) is 18.2 Å². The van der Waals surface area contributed by atoms with E-state index >= 15 is 0 Å². The monoisotopic (exact) mass is 434 g/mol. The van der Waals surface area contributed by atoms with E-state index in [0.717, 1.165) is 4.90 Å². The lowest BCUT2D eigenvalue weighted by Gasteiger charge is -2.12. The summed E-state index contributed by atoms with van der Waals surface area (Å²) in [6.07, 6.45) is 1.52. The molecule has 1 fully saturated rings. The maximum absolute atomic E-state index is 13.8. The summed E-state index contributed by atoms with van der Waals surface area (Å²) >= 11 is 3.38. The van der Waals surface area contributed by atoms with Gasteiger partial charge in [0.05, 0.1) is 25.2 Å². The molecule has 0 aromatic heterocycles. The van der Waals surface area contributed by atoms with Gasteiger partial charge in [0.1, 0.15) is 11.5 Å². The van der Waals surface area contributed by atoms with Gasteiger partial charge in [0.25, 0.3) is 5.91 Å². The van der Waals surface area contributed by atoms with Crippen LogP contribution in [0.4, 0.5) is 9.18 Å². The van der Waals surface area contributed by atoms with E-state index in [1.807, 2.05) is 0 Å². The highest BCUT2D eigenvalue weighted by atomic mass is 79.9. The van der Waals surface area contributed by atoms with Crippen molar-refractivity contribution in [3.8, 4) is 11.5 Å². The molecule has 0 radical (unpaired) electrons. The van der Waals surface area contributed by atoms with Crippen molar-refractivity contribution in [2.75, 3.05) is 14.2 Å². The van der Waals surface area contributed by atoms with Gasteiger partial charge in [0.2, 0.25) is 0 Å². The third-order valence-corrected chi connectivity index (χ3v) is 4.60. The van der Waals surface area contributed by atoms with E-state index in [1.54, 1.807) is 24.3 Å². The largest absolute Gasteiger partial charge is 0.493 e. The summed E-state index contributed by atoms with van der Waals surface area (Å²) in [5.74, 6) is -0.0187. The molecule has 0 bridgehead atoms. The van der Waals surface area contributed by atoms with Gasteiger partial charge in [-0.05, 0) is 45.8 Å². The van der Waals surface area contributed by atoms with Crippen LogP contribution in [0, 0.1) is 5.82 Å². The van der Waals surface area contributed by atoms with Crippen molar-refractivity contribution < 1.29 is 23.5 Å². The maximum Gasteiger partial charge on any atom is 0.329 e. The fourth-order valence-electron chi connectivity index (χ4n) is 2.70. The summed E-state index contributed by atoms with van der Waals surface area (Å²) in [7, 11) is 3.02. The second kappa shape index (κ2) is 7.79. The van der Waals surface area contributed by atoms with Crippen LogP contribution in [0.15, 0.2) is 46.6 Å². The molecule has 1 aliphatic rings. The SMILES string of the molecule is COc1cc(C=C2NC(=O)N(Cc3ccccc3F)C2=O)cc(Br)c1OC. The zero-order chi connectivity index (χ0) is 19.6. The standard InChI is InChI=1S/C19H16BrFN2O4/c1-26-16-9-11(7-13(20)17(16)27-2)8-15-18(24)23(19(25)22-15)10-12-5-3-4-6-14(12)21/h3-9H,10H2,1-2H3,(H,22,25). The molecule has 0 saturated carbocycles. The Labute approximate surface area is 163 Å². The first-order valence-electron chi connectivity index (χ1n) is 7.94. The number of hydrogen-bond donors (Lipinski definition) is 1. The third kappa shape index (κ3) is 3.80. The van der Waals surface area contributed by atoms with Gasteiger partial charge in [0.15, 0.2) is 11.5 Å². The maximum atomic E-state index is 13.8. The summed E-state index contributed by atoms with van der Waals surface area (Å²) in [5.41, 5.74) is 0.975. The van der Waals surface area contributed by atoms with Gasteiger partial charge in [-0.3, -0.25) is 9.69 Å². The van der Waals surface area contributed by atoms with Crippen molar-refractivity contribution >= 4 is 33.9 Å². The van der Waals surface area contributed by atoms with E-state index in [4.69, 9.17) is 9.47 Å². The van der Waals surface area contributed by atoms with Crippen LogP contribution in [-0.4, -0.2) is 31.1 Å². The molecule has 3 rings (SSSR count). The number of nitrogens with zero attached hydrogens (tertiary/aromatic N) is 1. The van der Waals surface area contributed by atoms with E-state index < -0.39 is 17.8 Å². The number of benzene rings is 2. The number of amides is 3. The predicted molar refractivity (Wildman–Crippen MR) is 101 cm³/mol. The van der Waals surface area contributed by atoms with Crippen LogP contribution >= 0.6 is 15.9 Å². The normalized spacial score (nSPS) is 15.3. The molecule has 1 saturated heterocycles. The average molecular weight is 435 g/mol. The van der Waals surface area contributed by atoms with Gasteiger partial charge in [0, 0.05) is 5.56 Å². The van der Waals surface area contributed by atoms with Crippen molar-refractivity contribution in [2.24, 2.45) is 0 Å². The zero-order valence-corrected chi connectivity index (χ0v) is 16.2. The number of carbonyl (C=O) groups is 2. The minimum Gasteiger partial charge on any atom is -0.493 e. The number of halogens is 2. The molecule has 0 spiro atoms. The Morgan fingerprint density at radius 3 is 2.59 bits per heavy atom. The minimum atomic E-state index is -0.603. The van der Waals surface area contributed by atoms with Crippen LogP contribution in [-0.2, 0) is 11.3 Å². The number of ether oxygens (including phenoxy) is 2. The van der Waals surface area contributed by atoms with E-state index in [9.17, 15) is 14.0 Å². The molecule has 0 atom stereocenters. The molecule has 8 heteroatoms. The Hall–Kier alpha value is -2.87. The molecule has 6 nitrogen and oxygen atoms in total. The molecule has 1 aliphatic heterocycles. The van der Waals surface area contributed by atoms with E-state index in [0.29, 0.717) is 21.5 Å². The number of rotatable bonds is 5. The Balaban J connectivity index is 1.88. The lowest BCUT2D eigenvalue weighted by atomic mass is 10.1. The van der Waals surface area contributed by atoms with Gasteiger partial charge in [-0.15, -0.1) is 0 Å². The number of nitrogens with one attached hydrogen (secondary N) is 1. The first-order chi connectivity index (χ1) is 12.9. The van der Waals surface area contributed by atoms with Crippen LogP contribution in [0.5, 0.6) is 11.5 Å². The first-order valence-corrected chi connectivity index (χ1v) is 8.73. The number of methoxy groups -OCH3 is 2. The topological polar surface area (TPSA) is 67.9 Å². The summed E-state index contributed by atoms with van der Waals surface area (Å²) in [6.45, 7) is -0.149. The second-order valence-electron chi connectivity index (χ2n) is 5.71. The van der Waals surface area contributed by atoms with Gasteiger partial charge in [-0.2, -0.15) is 0 Å². The third-order valence-electron chi connectivity index (χ3n) is 4.02. The van der Waals surface area contributed by atoms with Gasteiger partial charge < -0.3 is 14.8 Å². The van der Waals surface area contributed by atoms with Crippen LogP contribution in [0.2, 0.25) is 0 Å². The molecule has 1 N–H and O–H groups in total. The van der Waals surface area contributed by atoms with Crippen molar-refractivity contribution in [1.82, 2.24) is 10.2 Å². The van der Waals surface area contributed by atoms with Crippen LogP contribution in [0.3, 0.4) is 0 Å². The minimum absolute atomic E-state index is 0.0930. The number of hydrogen-bond acceptors (Lipinski definition) is 4. The summed E-state index contributed by atoms with van der Waals surface area (Å²) < 4.78 is 25.0. The molecule has 2 aromatic carbocycles. The molecule has 1 heterocycles. The highest BCUT2D eigenvalue weighted by Crippen LogP contribution is 2.37. The van der Waals surface area contributed by atoms with E-state index in [1.165, 1.54) is 32.4 Å². The molecule has 0 unspecified atom stereocenters. The molecule has 0 aliphatic carbocycles. The Bertz CT molecular complexity index is 945. The summed E-state index contributed by atoms with van der Waals surface area (Å²) in [5, 5.41) is 2.52. The lowest BCUT2D eigenvalue weighted by Crippen LogP contribution is -2.30. The fourth-order valence-corrected chi connectivity index (χ4v) is 3.32. The fraction of sp³-hybridized carbons (Fsp3) is 0.158. The van der Waals surface area contributed by atoms with Crippen LogP contribution in [0.1, 0.15) is 11.1 Å². The molecule has 2 aromatic rings. The van der Waals surface area contributed by atoms with E-state index in [2.05, 4.69) is 21.2 Å². The van der Waals surface area contributed by atoms with Crippen molar-refractivity contribution in [3.63, 3.8) is 0 Å². The van der Waals surface area contributed by atoms with Crippen molar-refractivity contribution in [1.29, 1.82) is 0 Å². The smallest absolute Gasteiger partial charge is 0.329 e. The molecule has 140 valence electrons. The van der Waals surface area contributed by atoms with Gasteiger partial charge >= 0.3 is 6.03 Å². The number of carbonyl (C=O) groups excluding carboxylic acids is 2. The zero-order valence-electron chi connectivity index (χ0n) is 14.6. The Morgan fingerprint density at radius 1 is 1.19 bits per heavy atom. The lowest BCUT2D eigenvalue weighted by molar-refractivity contribution is -0.123. The average Bonchev–Trinajstić information content (AvgIpc) is 2.90. The first kappa shape index (κ1) is 18.9. The quantitative estimate of drug-likeness (QED) is 0.575. The molecule has 27 heavy (non-hydrogen) atoms. The summed E-state index contributed by atoms with van der Waals surface area (Å²) in [6, 6.07) is 8.81. The van der Waals surface area contributed by atoms with Gasteiger partial charge in [-0.25, -0.2) is 9.18 Å².